The fourth-order valence-corrected chi connectivity index (χ4v) is 3.07. The number of likely N-dealkylation sites (N-methyl/N-ethyl adjacent to an activating group) is 1. The van der Waals surface area contributed by atoms with Gasteiger partial charge in [-0.2, -0.15) is 0 Å². The predicted octanol–water partition coefficient (Wildman–Crippen LogP) is 4.62. The molecule has 3 aromatic carbocycles. The molecule has 0 atom stereocenters. The van der Waals surface area contributed by atoms with E-state index in [4.69, 9.17) is 0 Å². The highest BCUT2D eigenvalue weighted by Crippen LogP contribution is 2.27. The summed E-state index contributed by atoms with van der Waals surface area (Å²) in [7, 11) is 1.83. The van der Waals surface area contributed by atoms with Crippen LogP contribution < -0.4 is 5.32 Å². The Morgan fingerprint density at radius 2 is 1.48 bits per heavy atom. The summed E-state index contributed by atoms with van der Waals surface area (Å²) in [5.74, 6) is -1.69. The van der Waals surface area contributed by atoms with Crippen molar-refractivity contribution < 1.29 is 13.6 Å². The molecular weight excluding hydrogens is 346 g/mol. The molecule has 0 saturated heterocycles. The van der Waals surface area contributed by atoms with Crippen LogP contribution in [0.25, 0.3) is 0 Å². The molecule has 27 heavy (non-hydrogen) atoms. The van der Waals surface area contributed by atoms with E-state index in [1.54, 1.807) is 0 Å². The molecule has 0 spiro atoms. The zero-order chi connectivity index (χ0) is 19.2. The van der Waals surface area contributed by atoms with Crippen molar-refractivity contribution in [2.24, 2.45) is 0 Å². The first-order chi connectivity index (χ1) is 13.0. The number of nitrogens with zero attached hydrogens (tertiary/aromatic N) is 1. The number of halogens is 2. The number of anilines is 1. The van der Waals surface area contributed by atoms with E-state index in [2.05, 4.69) is 5.32 Å². The molecular formula is C22H20F2N2O. The number of hydrogen-bond donors (Lipinski definition) is 1. The van der Waals surface area contributed by atoms with Gasteiger partial charge in [-0.05, 0) is 30.3 Å². The number of nitrogens with one attached hydrogen (secondary N) is 1. The monoisotopic (exact) mass is 366 g/mol. The molecule has 0 radical (unpaired) electrons. The smallest absolute Gasteiger partial charge is 0.238 e. The summed E-state index contributed by atoms with van der Waals surface area (Å²) < 4.78 is 27.1. The number of hydrogen-bond acceptors (Lipinski definition) is 2. The molecule has 1 amide bonds. The van der Waals surface area contributed by atoms with Crippen LogP contribution in [0.15, 0.2) is 78.9 Å². The Hall–Kier alpha value is -3.05. The van der Waals surface area contributed by atoms with Crippen molar-refractivity contribution in [1.29, 1.82) is 0 Å². The first-order valence-corrected chi connectivity index (χ1v) is 8.59. The van der Waals surface area contributed by atoms with Crippen LogP contribution in [0.4, 0.5) is 14.5 Å². The minimum atomic E-state index is -0.671. The van der Waals surface area contributed by atoms with Crippen molar-refractivity contribution in [1.82, 2.24) is 4.90 Å². The van der Waals surface area contributed by atoms with Gasteiger partial charge >= 0.3 is 0 Å². The molecule has 3 nitrogen and oxygen atoms in total. The zero-order valence-corrected chi connectivity index (χ0v) is 14.9. The van der Waals surface area contributed by atoms with E-state index in [0.717, 1.165) is 29.3 Å². The lowest BCUT2D eigenvalue weighted by Crippen LogP contribution is -2.34. The van der Waals surface area contributed by atoms with E-state index in [1.807, 2.05) is 72.6 Å². The van der Waals surface area contributed by atoms with Gasteiger partial charge in [0.15, 0.2) is 0 Å². The fourth-order valence-electron chi connectivity index (χ4n) is 3.07. The summed E-state index contributed by atoms with van der Waals surface area (Å²) in [5.41, 5.74) is 1.91. The summed E-state index contributed by atoms with van der Waals surface area (Å²) in [6.07, 6.45) is 0. The maximum Gasteiger partial charge on any atom is 0.238 e. The molecule has 0 saturated carbocycles. The third kappa shape index (κ3) is 4.77. The minimum Gasteiger partial charge on any atom is -0.322 e. The van der Waals surface area contributed by atoms with Crippen molar-refractivity contribution in [3.8, 4) is 0 Å². The van der Waals surface area contributed by atoms with Gasteiger partial charge in [0.25, 0.3) is 0 Å². The maximum absolute atomic E-state index is 13.8. The lowest BCUT2D eigenvalue weighted by molar-refractivity contribution is -0.117. The highest BCUT2D eigenvalue weighted by molar-refractivity contribution is 5.92. The van der Waals surface area contributed by atoms with E-state index in [9.17, 15) is 13.6 Å². The van der Waals surface area contributed by atoms with Gasteiger partial charge in [-0.3, -0.25) is 9.69 Å². The molecule has 3 aromatic rings. The van der Waals surface area contributed by atoms with Crippen LogP contribution in [-0.2, 0) is 4.79 Å². The van der Waals surface area contributed by atoms with E-state index in [-0.39, 0.29) is 18.3 Å². The SMILES string of the molecule is CN(CC(=O)Nc1cc(F)ccc1F)C(c1ccccc1)c1ccccc1. The summed E-state index contributed by atoms with van der Waals surface area (Å²) in [6.45, 7) is 0.0183. The number of rotatable bonds is 6. The Morgan fingerprint density at radius 1 is 0.926 bits per heavy atom. The molecule has 0 aliphatic rings. The van der Waals surface area contributed by atoms with Crippen LogP contribution in [0, 0.1) is 11.6 Å². The minimum absolute atomic E-state index is 0.0183. The summed E-state index contributed by atoms with van der Waals surface area (Å²) >= 11 is 0. The van der Waals surface area contributed by atoms with E-state index < -0.39 is 17.5 Å². The van der Waals surface area contributed by atoms with Gasteiger partial charge in [-0.25, -0.2) is 8.78 Å². The van der Waals surface area contributed by atoms with Crippen molar-refractivity contribution >= 4 is 11.6 Å². The van der Waals surface area contributed by atoms with Gasteiger partial charge in [0.05, 0.1) is 18.3 Å². The predicted molar refractivity (Wildman–Crippen MR) is 102 cm³/mol. The van der Waals surface area contributed by atoms with Crippen molar-refractivity contribution in [2.45, 2.75) is 6.04 Å². The molecule has 0 aliphatic carbocycles. The fraction of sp³-hybridized carbons (Fsp3) is 0.136. The Labute approximate surface area is 157 Å². The van der Waals surface area contributed by atoms with E-state index >= 15 is 0 Å². The van der Waals surface area contributed by atoms with Crippen molar-refractivity contribution in [3.05, 3.63) is 102 Å². The zero-order valence-electron chi connectivity index (χ0n) is 14.9. The molecule has 0 aliphatic heterocycles. The molecule has 3 rings (SSSR count). The largest absolute Gasteiger partial charge is 0.322 e. The summed E-state index contributed by atoms with van der Waals surface area (Å²) in [4.78, 5) is 14.3. The Kier molecular flexibility index (Phi) is 5.94. The van der Waals surface area contributed by atoms with Gasteiger partial charge in [-0.15, -0.1) is 0 Å². The lowest BCUT2D eigenvalue weighted by atomic mass is 9.97. The van der Waals surface area contributed by atoms with Crippen molar-refractivity contribution in [2.75, 3.05) is 18.9 Å². The second-order valence-corrected chi connectivity index (χ2v) is 6.31. The second-order valence-electron chi connectivity index (χ2n) is 6.31. The Bertz CT molecular complexity index is 861. The maximum atomic E-state index is 13.8. The number of amides is 1. The van der Waals surface area contributed by atoms with Gasteiger partial charge < -0.3 is 5.32 Å². The highest BCUT2D eigenvalue weighted by Gasteiger charge is 2.21. The van der Waals surface area contributed by atoms with Gasteiger partial charge in [-0.1, -0.05) is 60.7 Å². The standard InChI is InChI=1S/C22H20F2N2O/c1-26(15-21(27)25-20-14-18(23)12-13-19(20)24)22(16-8-4-2-5-9-16)17-10-6-3-7-11-17/h2-14,22H,15H2,1H3,(H,25,27). The van der Waals surface area contributed by atoms with E-state index in [1.165, 1.54) is 0 Å². The van der Waals surface area contributed by atoms with Gasteiger partial charge in [0.1, 0.15) is 11.6 Å². The molecule has 0 bridgehead atoms. The highest BCUT2D eigenvalue weighted by atomic mass is 19.1. The second kappa shape index (κ2) is 8.56. The van der Waals surface area contributed by atoms with Gasteiger partial charge in [0, 0.05) is 6.07 Å². The molecule has 5 heteroatoms. The normalized spacial score (nSPS) is 11.0. The van der Waals surface area contributed by atoms with Crippen LogP contribution in [0.1, 0.15) is 17.2 Å². The average molecular weight is 366 g/mol. The van der Waals surface area contributed by atoms with Crippen LogP contribution in [0.3, 0.4) is 0 Å². The molecule has 0 heterocycles. The average Bonchev–Trinajstić information content (AvgIpc) is 2.66. The van der Waals surface area contributed by atoms with Crippen LogP contribution in [-0.4, -0.2) is 24.4 Å². The van der Waals surface area contributed by atoms with Gasteiger partial charge in [0.2, 0.25) is 5.91 Å². The van der Waals surface area contributed by atoms with Crippen molar-refractivity contribution in [3.63, 3.8) is 0 Å². The first-order valence-electron chi connectivity index (χ1n) is 8.59. The molecule has 0 aromatic heterocycles. The lowest BCUT2D eigenvalue weighted by Gasteiger charge is -2.28. The van der Waals surface area contributed by atoms with E-state index in [0.29, 0.717) is 0 Å². The van der Waals surface area contributed by atoms with Crippen LogP contribution in [0.5, 0.6) is 0 Å². The number of carbonyl (C=O) groups excluding carboxylic acids is 1. The molecule has 1 N–H and O–H groups in total. The quantitative estimate of drug-likeness (QED) is 0.690. The summed E-state index contributed by atoms with van der Waals surface area (Å²) in [6, 6.07) is 22.5. The third-order valence-corrected chi connectivity index (χ3v) is 4.27. The molecule has 138 valence electrons. The molecule has 0 unspecified atom stereocenters. The third-order valence-electron chi connectivity index (χ3n) is 4.27. The topological polar surface area (TPSA) is 32.3 Å². The summed E-state index contributed by atoms with van der Waals surface area (Å²) in [5, 5.41) is 2.44. The number of carbonyl (C=O) groups is 1. The number of benzene rings is 3. The Morgan fingerprint density at radius 3 is 2.04 bits per heavy atom. The Balaban J connectivity index is 1.79. The molecule has 0 fully saturated rings. The first kappa shape index (κ1) is 18.7. The van der Waals surface area contributed by atoms with Crippen LogP contribution in [0.2, 0.25) is 0 Å². The van der Waals surface area contributed by atoms with Crippen LogP contribution >= 0.6 is 0 Å².